The maximum atomic E-state index is 6.98. The lowest BCUT2D eigenvalue weighted by Gasteiger charge is -2.26. The SMILES string of the molecule is CC(C)(C)c1cc(Oc2ccc3c4cc(-c5ccccc5)ccc4n(-c4cc5c(cn4)-c4ccccc4C5(C)C)c3c2)cc(N2CN(c3ccccc3)c3ccccc32)c1. The van der Waals surface area contributed by atoms with E-state index in [-0.39, 0.29) is 10.8 Å². The standard InChI is InChI=1S/C55H46N4O/c1-54(2,3)38-29-40(58-35-57(39-18-10-7-11-19-39)50-22-14-15-23-51(50)58)31-42(30-38)60-41-25-26-44-45-28-37(36-16-8-6-9-17-36)24-27-49(45)59(52(44)32-41)53-33-48-46(34-56-53)43-20-12-13-21-47(43)55(48,4)5/h6-34H,35H2,1-5H3. The van der Waals surface area contributed by atoms with Crippen LogP contribution in [0.1, 0.15) is 51.3 Å². The van der Waals surface area contributed by atoms with Crippen molar-refractivity contribution in [1.82, 2.24) is 9.55 Å². The molecule has 0 spiro atoms. The van der Waals surface area contributed by atoms with Crippen LogP contribution in [0, 0.1) is 0 Å². The van der Waals surface area contributed by atoms with Gasteiger partial charge in [0, 0.05) is 51.5 Å². The topological polar surface area (TPSA) is 33.5 Å². The second-order valence-electron chi connectivity index (χ2n) is 17.8. The van der Waals surface area contributed by atoms with E-state index in [1.165, 1.54) is 61.4 Å². The van der Waals surface area contributed by atoms with Gasteiger partial charge in [-0.3, -0.25) is 4.57 Å². The van der Waals surface area contributed by atoms with Gasteiger partial charge in [0.2, 0.25) is 0 Å². The largest absolute Gasteiger partial charge is 0.457 e. The molecule has 2 aromatic heterocycles. The van der Waals surface area contributed by atoms with Crippen molar-refractivity contribution < 1.29 is 4.74 Å². The Kier molecular flexibility index (Phi) is 8.08. The van der Waals surface area contributed by atoms with E-state index in [1.54, 1.807) is 0 Å². The summed E-state index contributed by atoms with van der Waals surface area (Å²) in [4.78, 5) is 9.98. The quantitative estimate of drug-likeness (QED) is 0.168. The van der Waals surface area contributed by atoms with Gasteiger partial charge in [-0.2, -0.15) is 0 Å². The van der Waals surface area contributed by atoms with Gasteiger partial charge in [-0.1, -0.05) is 126 Å². The zero-order valence-corrected chi connectivity index (χ0v) is 34.6. The normalized spacial score (nSPS) is 14.1. The minimum atomic E-state index is -0.152. The molecule has 60 heavy (non-hydrogen) atoms. The number of hydrogen-bond donors (Lipinski definition) is 0. The first kappa shape index (κ1) is 36.0. The molecule has 0 atom stereocenters. The van der Waals surface area contributed by atoms with Crippen LogP contribution in [0.25, 0.3) is 49.9 Å². The molecule has 5 heteroatoms. The summed E-state index contributed by atoms with van der Waals surface area (Å²) in [5.74, 6) is 2.47. The molecule has 292 valence electrons. The summed E-state index contributed by atoms with van der Waals surface area (Å²) in [6.07, 6.45) is 2.07. The third kappa shape index (κ3) is 5.79. The Balaban J connectivity index is 1.04. The zero-order valence-electron chi connectivity index (χ0n) is 34.6. The molecular weight excluding hydrogens is 733 g/mol. The fraction of sp³-hybridized carbons (Fsp3) is 0.145. The zero-order chi connectivity index (χ0) is 40.8. The van der Waals surface area contributed by atoms with Crippen molar-refractivity contribution in [2.75, 3.05) is 16.5 Å². The number of ether oxygens (including phenoxy) is 1. The van der Waals surface area contributed by atoms with Gasteiger partial charge in [0.05, 0.1) is 22.4 Å². The summed E-state index contributed by atoms with van der Waals surface area (Å²) in [6.45, 7) is 12.1. The maximum Gasteiger partial charge on any atom is 0.137 e. The Morgan fingerprint density at radius 1 is 0.533 bits per heavy atom. The van der Waals surface area contributed by atoms with E-state index in [0.717, 1.165) is 39.4 Å². The van der Waals surface area contributed by atoms with Crippen molar-refractivity contribution >= 4 is 44.6 Å². The third-order valence-electron chi connectivity index (χ3n) is 12.6. The second kappa shape index (κ2) is 13.5. The van der Waals surface area contributed by atoms with E-state index in [2.05, 4.69) is 225 Å². The molecular formula is C55H46N4O. The van der Waals surface area contributed by atoms with E-state index >= 15 is 0 Å². The van der Waals surface area contributed by atoms with Crippen LogP contribution in [-0.4, -0.2) is 16.2 Å². The van der Waals surface area contributed by atoms with Crippen molar-refractivity contribution in [3.63, 3.8) is 0 Å². The Bertz CT molecular complexity index is 3120. The average Bonchev–Trinajstić information content (AvgIpc) is 3.89. The molecule has 0 bridgehead atoms. The average molecular weight is 779 g/mol. The Morgan fingerprint density at radius 2 is 1.23 bits per heavy atom. The monoisotopic (exact) mass is 778 g/mol. The highest BCUT2D eigenvalue weighted by Gasteiger charge is 2.36. The van der Waals surface area contributed by atoms with Gasteiger partial charge in [0.15, 0.2) is 0 Å². The van der Waals surface area contributed by atoms with Crippen LogP contribution in [0.4, 0.5) is 22.7 Å². The first-order valence-electron chi connectivity index (χ1n) is 20.9. The number of para-hydroxylation sites is 3. The Morgan fingerprint density at radius 3 is 2.00 bits per heavy atom. The first-order valence-corrected chi connectivity index (χ1v) is 20.9. The number of rotatable bonds is 6. The van der Waals surface area contributed by atoms with Crippen molar-refractivity contribution in [3.05, 3.63) is 193 Å². The number of pyridine rings is 1. The summed E-state index contributed by atoms with van der Waals surface area (Å²) in [6, 6.07) is 61.0. The molecule has 0 saturated heterocycles. The van der Waals surface area contributed by atoms with Crippen LogP contribution < -0.4 is 14.5 Å². The highest BCUT2D eigenvalue weighted by Crippen LogP contribution is 2.50. The molecule has 5 nitrogen and oxygen atoms in total. The van der Waals surface area contributed by atoms with Crippen molar-refractivity contribution in [2.24, 2.45) is 0 Å². The third-order valence-corrected chi connectivity index (χ3v) is 12.6. The van der Waals surface area contributed by atoms with Crippen molar-refractivity contribution in [2.45, 2.75) is 45.4 Å². The number of nitrogens with zero attached hydrogens (tertiary/aromatic N) is 4. The molecule has 0 amide bonds. The maximum absolute atomic E-state index is 6.98. The summed E-state index contributed by atoms with van der Waals surface area (Å²) < 4.78 is 9.30. The molecule has 0 radical (unpaired) electrons. The van der Waals surface area contributed by atoms with E-state index in [4.69, 9.17) is 9.72 Å². The molecule has 3 heterocycles. The fourth-order valence-corrected chi connectivity index (χ4v) is 9.46. The van der Waals surface area contributed by atoms with Gasteiger partial charge in [0.25, 0.3) is 0 Å². The number of fused-ring (bicyclic) bond motifs is 7. The van der Waals surface area contributed by atoms with Gasteiger partial charge in [0.1, 0.15) is 24.0 Å². The smallest absolute Gasteiger partial charge is 0.137 e. The van der Waals surface area contributed by atoms with Gasteiger partial charge < -0.3 is 14.5 Å². The van der Waals surface area contributed by atoms with Crippen LogP contribution in [-0.2, 0) is 10.8 Å². The Labute approximate surface area is 351 Å². The minimum Gasteiger partial charge on any atom is -0.457 e. The number of anilines is 4. The van der Waals surface area contributed by atoms with Crippen LogP contribution in [0.5, 0.6) is 11.5 Å². The van der Waals surface area contributed by atoms with Crippen LogP contribution in [0.3, 0.4) is 0 Å². The van der Waals surface area contributed by atoms with Crippen molar-refractivity contribution in [3.8, 4) is 39.6 Å². The summed E-state index contributed by atoms with van der Waals surface area (Å²) in [5, 5.41) is 2.33. The molecule has 0 saturated carbocycles. The van der Waals surface area contributed by atoms with E-state index in [1.807, 2.05) is 0 Å². The van der Waals surface area contributed by atoms with Gasteiger partial charge in [-0.05, 0) is 106 Å². The van der Waals surface area contributed by atoms with Crippen LogP contribution >= 0.6 is 0 Å². The predicted molar refractivity (Wildman–Crippen MR) is 249 cm³/mol. The molecule has 2 aliphatic rings. The van der Waals surface area contributed by atoms with Crippen molar-refractivity contribution in [1.29, 1.82) is 0 Å². The number of aromatic nitrogens is 2. The summed E-state index contributed by atoms with van der Waals surface area (Å²) in [7, 11) is 0. The minimum absolute atomic E-state index is 0.105. The van der Waals surface area contributed by atoms with Gasteiger partial charge >= 0.3 is 0 Å². The molecule has 1 aliphatic carbocycles. The lowest BCUT2D eigenvalue weighted by atomic mass is 9.83. The Hall–Kier alpha value is -7.11. The summed E-state index contributed by atoms with van der Waals surface area (Å²) in [5.41, 5.74) is 15.2. The molecule has 7 aromatic carbocycles. The first-order chi connectivity index (χ1) is 29.1. The molecule has 0 fully saturated rings. The van der Waals surface area contributed by atoms with E-state index < -0.39 is 0 Å². The molecule has 0 unspecified atom stereocenters. The van der Waals surface area contributed by atoms with Crippen LogP contribution in [0.2, 0.25) is 0 Å². The number of hydrogen-bond acceptors (Lipinski definition) is 4. The van der Waals surface area contributed by atoms with E-state index in [9.17, 15) is 0 Å². The fourth-order valence-electron chi connectivity index (χ4n) is 9.46. The van der Waals surface area contributed by atoms with E-state index in [0.29, 0.717) is 6.67 Å². The highest BCUT2D eigenvalue weighted by atomic mass is 16.5. The lowest BCUT2D eigenvalue weighted by Crippen LogP contribution is -2.24. The lowest BCUT2D eigenvalue weighted by molar-refractivity contribution is 0.479. The van der Waals surface area contributed by atoms with Gasteiger partial charge in [-0.15, -0.1) is 0 Å². The molecule has 1 aliphatic heterocycles. The van der Waals surface area contributed by atoms with Crippen LogP contribution in [0.15, 0.2) is 176 Å². The highest BCUT2D eigenvalue weighted by molar-refractivity contribution is 6.11. The second-order valence-corrected chi connectivity index (χ2v) is 17.8. The molecule has 11 rings (SSSR count). The summed E-state index contributed by atoms with van der Waals surface area (Å²) >= 11 is 0. The molecule has 0 N–H and O–H groups in total. The molecule has 9 aromatic rings. The predicted octanol–water partition coefficient (Wildman–Crippen LogP) is 14.5. The van der Waals surface area contributed by atoms with Gasteiger partial charge in [-0.25, -0.2) is 4.98 Å². The number of benzene rings is 7.